The van der Waals surface area contributed by atoms with Crippen molar-refractivity contribution in [1.82, 2.24) is 35.7 Å². The average Bonchev–Trinajstić information content (AvgIpc) is 3.03. The van der Waals surface area contributed by atoms with Crippen LogP contribution in [0, 0.1) is 0 Å². The van der Waals surface area contributed by atoms with Crippen LogP contribution in [0.5, 0.6) is 11.6 Å². The molecule has 2 aromatic carbocycles. The number of nitrogens with zero attached hydrogens (tertiary/aromatic N) is 4. The van der Waals surface area contributed by atoms with Crippen LogP contribution in [0.1, 0.15) is 41.4 Å². The largest absolute Gasteiger partial charge is 0.497 e. The number of hydrogen-bond acceptors (Lipinski definition) is 10. The molecular formula is C29H30N7O8P. The Morgan fingerprint density at radius 3 is 1.96 bits per heavy atom. The van der Waals surface area contributed by atoms with Crippen molar-refractivity contribution in [3.63, 3.8) is 0 Å². The minimum atomic E-state index is -3.96. The van der Waals surface area contributed by atoms with Crippen LogP contribution < -0.4 is 25.5 Å². The monoisotopic (exact) mass is 635 g/mol. The van der Waals surface area contributed by atoms with Crippen molar-refractivity contribution in [3.8, 4) is 23.1 Å². The molecule has 1 amide bonds. The summed E-state index contributed by atoms with van der Waals surface area (Å²) < 4.78 is 19.2. The minimum Gasteiger partial charge on any atom is -0.497 e. The molecule has 0 fully saturated rings. The van der Waals surface area contributed by atoms with Crippen LogP contribution in [0.2, 0.25) is 0 Å². The van der Waals surface area contributed by atoms with Crippen LogP contribution in [0.4, 0.5) is 0 Å². The van der Waals surface area contributed by atoms with Crippen LogP contribution in [0.25, 0.3) is 11.5 Å². The first-order chi connectivity index (χ1) is 21.4. The number of hydrogen-bond donors (Lipinski definition) is 6. The third-order valence-corrected chi connectivity index (χ3v) is 9.15. The Labute approximate surface area is 257 Å². The molecule has 0 bridgehead atoms. The minimum absolute atomic E-state index is 0.0699. The maximum Gasteiger partial charge on any atom is 0.320 e. The first-order valence-corrected chi connectivity index (χ1v) is 15.1. The molecule has 45 heavy (non-hydrogen) atoms. The van der Waals surface area contributed by atoms with Gasteiger partial charge in [0.15, 0.2) is 5.82 Å². The van der Waals surface area contributed by atoms with Gasteiger partial charge in [0.25, 0.3) is 5.91 Å². The first kappa shape index (κ1) is 32.7. The summed E-state index contributed by atoms with van der Waals surface area (Å²) >= 11 is 0. The molecule has 2 heterocycles. The smallest absolute Gasteiger partial charge is 0.320 e. The predicted octanol–water partition coefficient (Wildman–Crippen LogP) is 2.11. The summed E-state index contributed by atoms with van der Waals surface area (Å²) in [5.74, 6) is -3.21. The van der Waals surface area contributed by atoms with Gasteiger partial charge in [-0.05, 0) is 61.4 Å². The molecule has 0 aliphatic carbocycles. The number of aromatic hydroxyl groups is 1. The number of aliphatic carboxylic acids is 2. The Morgan fingerprint density at radius 2 is 1.47 bits per heavy atom. The lowest BCUT2D eigenvalue weighted by atomic mass is 9.98. The van der Waals surface area contributed by atoms with Gasteiger partial charge in [0.05, 0.1) is 13.2 Å². The van der Waals surface area contributed by atoms with Gasteiger partial charge in [-0.2, -0.15) is 10.1 Å². The molecule has 0 radical (unpaired) electrons. The summed E-state index contributed by atoms with van der Waals surface area (Å²) in [6.07, 6.45) is 2.63. The van der Waals surface area contributed by atoms with Crippen LogP contribution in [0.3, 0.4) is 0 Å². The van der Waals surface area contributed by atoms with Crippen molar-refractivity contribution in [1.29, 1.82) is 0 Å². The van der Waals surface area contributed by atoms with Gasteiger partial charge >= 0.3 is 11.9 Å². The number of carboxylic acid groups (broad SMARTS) is 2. The van der Waals surface area contributed by atoms with Crippen molar-refractivity contribution in [3.05, 3.63) is 89.7 Å². The molecule has 3 atom stereocenters. The van der Waals surface area contributed by atoms with E-state index in [0.29, 0.717) is 22.6 Å². The Kier molecular flexibility index (Phi) is 10.2. The van der Waals surface area contributed by atoms with E-state index in [2.05, 4.69) is 35.7 Å². The lowest BCUT2D eigenvalue weighted by Gasteiger charge is -2.26. The zero-order valence-electron chi connectivity index (χ0n) is 24.3. The van der Waals surface area contributed by atoms with Gasteiger partial charge in [-0.1, -0.05) is 24.3 Å². The first-order valence-electron chi connectivity index (χ1n) is 13.4. The fourth-order valence-corrected chi connectivity index (χ4v) is 6.41. The fourth-order valence-electron chi connectivity index (χ4n) is 4.16. The zero-order valence-corrected chi connectivity index (χ0v) is 25.2. The van der Waals surface area contributed by atoms with Crippen molar-refractivity contribution < 1.29 is 39.0 Å². The average molecular weight is 636 g/mol. The van der Waals surface area contributed by atoms with E-state index in [1.807, 2.05) is 0 Å². The summed E-state index contributed by atoms with van der Waals surface area (Å²) in [5.41, 5.74) is 1.22. The number of carboxylic acids is 2. The van der Waals surface area contributed by atoms with Gasteiger partial charge in [-0.3, -0.25) is 18.9 Å². The Morgan fingerprint density at radius 1 is 0.889 bits per heavy atom. The van der Waals surface area contributed by atoms with E-state index in [0.717, 1.165) is 6.20 Å². The molecule has 15 nitrogen and oxygen atoms in total. The van der Waals surface area contributed by atoms with E-state index in [-0.39, 0.29) is 16.7 Å². The molecule has 16 heteroatoms. The summed E-state index contributed by atoms with van der Waals surface area (Å²) in [6.45, 7) is 2.56. The van der Waals surface area contributed by atoms with E-state index >= 15 is 0 Å². The van der Waals surface area contributed by atoms with Crippen molar-refractivity contribution >= 4 is 30.6 Å². The van der Waals surface area contributed by atoms with E-state index < -0.39 is 49.3 Å². The third kappa shape index (κ3) is 7.84. The number of nitrogens with one attached hydrogen (secondary N) is 3. The van der Waals surface area contributed by atoms with Gasteiger partial charge in [0, 0.05) is 17.7 Å². The number of benzene rings is 2. The van der Waals surface area contributed by atoms with Gasteiger partial charge in [0.2, 0.25) is 13.3 Å². The standard InChI is InChI=1S/C29H30N7O8P/c1-16(28(39)40)35-45(43,36-17(2)29(41)42)21-12-8-19(9-13-21)24(18-6-10-20(44-3)11-7-18)32-26(37)22-15-30-25(33-27(22)38)23-5-4-14-31-34-23/h4-17,24H,1-3H3,(H,32,37)(H,39,40)(H,41,42)(H,30,33,38)(H2,35,36,43). The second kappa shape index (κ2) is 14.0. The Balaban J connectivity index is 1.68. The molecule has 4 aromatic rings. The van der Waals surface area contributed by atoms with Crippen LogP contribution in [-0.2, 0) is 14.2 Å². The van der Waals surface area contributed by atoms with Crippen molar-refractivity contribution in [2.45, 2.75) is 32.0 Å². The van der Waals surface area contributed by atoms with Gasteiger partial charge in [-0.15, -0.1) is 5.10 Å². The van der Waals surface area contributed by atoms with E-state index in [1.54, 1.807) is 48.5 Å². The zero-order chi connectivity index (χ0) is 32.7. The van der Waals surface area contributed by atoms with Crippen LogP contribution in [0.15, 0.2) is 73.1 Å². The summed E-state index contributed by atoms with van der Waals surface area (Å²) in [7, 11) is -2.45. The molecule has 0 saturated heterocycles. The van der Waals surface area contributed by atoms with Crippen molar-refractivity contribution in [2.75, 3.05) is 7.11 Å². The second-order valence-corrected chi connectivity index (χ2v) is 12.0. The molecule has 3 unspecified atom stereocenters. The molecular weight excluding hydrogens is 605 g/mol. The number of amides is 1. The Bertz CT molecular complexity index is 1700. The lowest BCUT2D eigenvalue weighted by molar-refractivity contribution is -0.139. The number of carbonyl (C=O) groups excluding carboxylic acids is 1. The number of ether oxygens (including phenoxy) is 1. The Hall–Kier alpha value is -5.24. The normalized spacial score (nSPS) is 14.4. The number of rotatable bonds is 13. The highest BCUT2D eigenvalue weighted by Crippen LogP contribution is 2.37. The van der Waals surface area contributed by atoms with E-state index in [1.165, 1.54) is 39.3 Å². The molecule has 0 saturated carbocycles. The molecule has 4 rings (SSSR count). The topological polar surface area (TPSA) is 226 Å². The molecule has 0 aliphatic rings. The van der Waals surface area contributed by atoms with Crippen molar-refractivity contribution in [2.24, 2.45) is 0 Å². The molecule has 234 valence electrons. The van der Waals surface area contributed by atoms with Gasteiger partial charge < -0.3 is 25.4 Å². The summed E-state index contributed by atoms with van der Waals surface area (Å²) in [6, 6.07) is 12.7. The van der Waals surface area contributed by atoms with Crippen LogP contribution in [-0.4, -0.2) is 72.5 Å². The van der Waals surface area contributed by atoms with E-state index in [9.17, 15) is 34.3 Å². The summed E-state index contributed by atoms with van der Waals surface area (Å²) in [5, 5.41) is 45.0. The predicted molar refractivity (Wildman–Crippen MR) is 161 cm³/mol. The lowest BCUT2D eigenvalue weighted by Crippen LogP contribution is -2.43. The third-order valence-electron chi connectivity index (χ3n) is 6.62. The molecule has 6 N–H and O–H groups in total. The van der Waals surface area contributed by atoms with Gasteiger partial charge in [0.1, 0.15) is 29.1 Å². The number of carbonyl (C=O) groups is 3. The maximum atomic E-state index is 13.9. The van der Waals surface area contributed by atoms with E-state index in [4.69, 9.17) is 4.74 Å². The summed E-state index contributed by atoms with van der Waals surface area (Å²) in [4.78, 5) is 44.5. The highest BCUT2D eigenvalue weighted by atomic mass is 31.2. The SMILES string of the molecule is COc1ccc(C(NC(=O)c2cnc(-c3cccnn3)nc2O)c2ccc(P(=O)(NC(C)C(=O)O)NC(C)C(=O)O)cc2)cc1. The fraction of sp³-hybridized carbons (Fsp3) is 0.207. The number of methoxy groups -OCH3 is 1. The highest BCUT2D eigenvalue weighted by Gasteiger charge is 2.33. The molecule has 0 aliphatic heterocycles. The maximum absolute atomic E-state index is 13.9. The molecule has 0 spiro atoms. The second-order valence-electron chi connectivity index (χ2n) is 9.80. The highest BCUT2D eigenvalue weighted by molar-refractivity contribution is 7.67. The number of aromatic nitrogens is 4. The van der Waals surface area contributed by atoms with Gasteiger partial charge in [-0.25, -0.2) is 15.2 Å². The van der Waals surface area contributed by atoms with Crippen LogP contribution >= 0.6 is 7.44 Å². The molecule has 2 aromatic heterocycles. The quantitative estimate of drug-likeness (QED) is 0.116.